The van der Waals surface area contributed by atoms with Crippen LogP contribution in [0.25, 0.3) is 55.6 Å². The zero-order valence-electron chi connectivity index (χ0n) is 25.4. The van der Waals surface area contributed by atoms with Crippen molar-refractivity contribution >= 4 is 55.6 Å². The Morgan fingerprint density at radius 2 is 0.826 bits per heavy atom. The molecule has 2 aromatic heterocycles. The van der Waals surface area contributed by atoms with E-state index in [9.17, 15) is 0 Å². The number of hydrogen-bond acceptors (Lipinski definition) is 2. The van der Waals surface area contributed by atoms with Crippen LogP contribution in [-0.2, 0) is 0 Å². The van der Waals surface area contributed by atoms with Gasteiger partial charge in [-0.25, -0.2) is 0 Å². The molecule has 1 aliphatic carbocycles. The molecule has 2 nitrogen and oxygen atoms in total. The first-order chi connectivity index (χ1) is 22.7. The van der Waals surface area contributed by atoms with Crippen LogP contribution in [0.5, 0.6) is 0 Å². The highest BCUT2D eigenvalue weighted by atomic mass is 16.3. The van der Waals surface area contributed by atoms with Crippen LogP contribution in [0.1, 0.15) is 57.4 Å². The summed E-state index contributed by atoms with van der Waals surface area (Å²) in [6.07, 6.45) is 3.96. The van der Waals surface area contributed by atoms with Gasteiger partial charge in [0.15, 0.2) is 0 Å². The average molecular weight is 593 g/mol. The lowest BCUT2D eigenvalue weighted by atomic mass is 9.50. The molecular weight excluding hydrogens is 560 g/mol. The van der Waals surface area contributed by atoms with E-state index in [2.05, 4.69) is 147 Å². The van der Waals surface area contributed by atoms with Gasteiger partial charge in [-0.1, -0.05) is 135 Å². The highest BCUT2D eigenvalue weighted by molar-refractivity contribution is 6.07. The zero-order chi connectivity index (χ0) is 30.8. The maximum atomic E-state index is 6.85. The van der Waals surface area contributed by atoms with Crippen LogP contribution in [0.3, 0.4) is 0 Å². The molecule has 0 spiro atoms. The minimum absolute atomic E-state index is 0.0586. The normalized spacial score (nSPS) is 19.5. The Hall–Kier alpha value is -5.60. The molecule has 220 valence electrons. The van der Waals surface area contributed by atoms with Crippen LogP contribution in [0.4, 0.5) is 0 Å². The minimum atomic E-state index is 0.0586. The summed E-state index contributed by atoms with van der Waals surface area (Å²) >= 11 is 0. The van der Waals surface area contributed by atoms with E-state index in [4.69, 9.17) is 8.83 Å². The molecule has 2 heteroatoms. The fourth-order valence-corrected chi connectivity index (χ4v) is 8.18. The SMILES string of the molecule is C=Cc1ccccc1C1C(c2cc3c(ccc4ccccc43)o2)C(c2ccccc2C=C)C1c1cc2c(ccc3ccccc32)o1. The molecule has 6 aromatic carbocycles. The van der Waals surface area contributed by atoms with Gasteiger partial charge in [0, 0.05) is 34.4 Å². The Bertz CT molecular complexity index is 2270. The van der Waals surface area contributed by atoms with Gasteiger partial charge in [-0.05, 0) is 68.1 Å². The molecule has 0 aliphatic heterocycles. The van der Waals surface area contributed by atoms with Crippen LogP contribution in [0.15, 0.2) is 155 Å². The number of rotatable bonds is 6. The van der Waals surface area contributed by atoms with E-state index in [-0.39, 0.29) is 23.7 Å². The summed E-state index contributed by atoms with van der Waals surface area (Å²) in [4.78, 5) is 0. The first kappa shape index (κ1) is 26.8. The molecule has 0 atom stereocenters. The molecule has 0 unspecified atom stereocenters. The van der Waals surface area contributed by atoms with Gasteiger partial charge in [0.05, 0.1) is 0 Å². The fraction of sp³-hybridized carbons (Fsp3) is 0.0909. The van der Waals surface area contributed by atoms with Gasteiger partial charge in [-0.3, -0.25) is 0 Å². The molecule has 0 saturated heterocycles. The summed E-state index contributed by atoms with van der Waals surface area (Å²) in [6, 6.07) is 47.5. The van der Waals surface area contributed by atoms with Gasteiger partial charge < -0.3 is 8.83 Å². The number of furan rings is 2. The summed E-state index contributed by atoms with van der Waals surface area (Å²) in [5, 5.41) is 7.15. The van der Waals surface area contributed by atoms with Gasteiger partial charge in [-0.2, -0.15) is 0 Å². The summed E-state index contributed by atoms with van der Waals surface area (Å²) in [5.74, 6) is 2.30. The lowest BCUT2D eigenvalue weighted by molar-refractivity contribution is 0.182. The van der Waals surface area contributed by atoms with Crippen LogP contribution in [0.2, 0.25) is 0 Å². The third-order valence-electron chi connectivity index (χ3n) is 10.2. The highest BCUT2D eigenvalue weighted by Crippen LogP contribution is 2.68. The van der Waals surface area contributed by atoms with Crippen LogP contribution < -0.4 is 0 Å². The largest absolute Gasteiger partial charge is 0.461 e. The van der Waals surface area contributed by atoms with E-state index < -0.39 is 0 Å². The molecule has 9 rings (SSSR count). The standard InChI is InChI=1S/C44H32O2/c1-3-27-13-5-11-19-33(27)41-43(39-25-35-31-17-9-7-15-29(31)21-23-37(35)45-39)42(34-20-12-6-14-28(34)4-2)44(41)40-26-36-32-18-10-8-16-30(32)22-24-38(36)46-40/h3-26,41-44H,1-2H2. The van der Waals surface area contributed by atoms with E-state index in [1.807, 2.05) is 12.2 Å². The quantitative estimate of drug-likeness (QED) is 0.192. The maximum Gasteiger partial charge on any atom is 0.134 e. The van der Waals surface area contributed by atoms with Gasteiger partial charge in [-0.15, -0.1) is 0 Å². The van der Waals surface area contributed by atoms with Crippen molar-refractivity contribution in [1.29, 1.82) is 0 Å². The molecule has 1 fully saturated rings. The predicted molar refractivity (Wildman–Crippen MR) is 191 cm³/mol. The second-order valence-electron chi connectivity index (χ2n) is 12.5. The van der Waals surface area contributed by atoms with Gasteiger partial charge in [0.1, 0.15) is 22.7 Å². The molecule has 2 heterocycles. The first-order valence-electron chi connectivity index (χ1n) is 16.0. The average Bonchev–Trinajstić information content (AvgIpc) is 3.73. The molecule has 1 saturated carbocycles. The van der Waals surface area contributed by atoms with E-state index in [0.717, 1.165) is 44.6 Å². The molecule has 8 aromatic rings. The molecule has 46 heavy (non-hydrogen) atoms. The molecule has 0 bridgehead atoms. The van der Waals surface area contributed by atoms with Crippen molar-refractivity contribution < 1.29 is 8.83 Å². The van der Waals surface area contributed by atoms with Crippen molar-refractivity contribution in [3.05, 3.63) is 180 Å². The second-order valence-corrected chi connectivity index (χ2v) is 12.5. The van der Waals surface area contributed by atoms with Crippen molar-refractivity contribution in [3.63, 3.8) is 0 Å². The van der Waals surface area contributed by atoms with E-state index in [1.54, 1.807) is 0 Å². The number of fused-ring (bicyclic) bond motifs is 6. The summed E-state index contributed by atoms with van der Waals surface area (Å²) in [6.45, 7) is 8.42. The van der Waals surface area contributed by atoms with E-state index in [1.165, 1.54) is 32.7 Å². The highest BCUT2D eigenvalue weighted by Gasteiger charge is 2.56. The molecular formula is C44H32O2. The Labute approximate surface area is 267 Å². The molecule has 0 radical (unpaired) electrons. The smallest absolute Gasteiger partial charge is 0.134 e. The summed E-state index contributed by atoms with van der Waals surface area (Å²) < 4.78 is 13.7. The monoisotopic (exact) mass is 592 g/mol. The topological polar surface area (TPSA) is 26.3 Å². The van der Waals surface area contributed by atoms with Crippen molar-refractivity contribution in [2.45, 2.75) is 23.7 Å². The third kappa shape index (κ3) is 3.96. The van der Waals surface area contributed by atoms with Crippen LogP contribution in [0, 0.1) is 0 Å². The van der Waals surface area contributed by atoms with Gasteiger partial charge >= 0.3 is 0 Å². The van der Waals surface area contributed by atoms with Crippen molar-refractivity contribution in [2.24, 2.45) is 0 Å². The molecule has 0 amide bonds. The number of benzene rings is 6. The first-order valence-corrected chi connectivity index (χ1v) is 16.0. The Morgan fingerprint density at radius 1 is 0.413 bits per heavy atom. The molecule has 1 aliphatic rings. The third-order valence-corrected chi connectivity index (χ3v) is 10.2. The van der Waals surface area contributed by atoms with Gasteiger partial charge in [0.2, 0.25) is 0 Å². The Balaban J connectivity index is 1.31. The second kappa shape index (κ2) is 10.5. The van der Waals surface area contributed by atoms with Crippen molar-refractivity contribution in [3.8, 4) is 0 Å². The summed E-state index contributed by atoms with van der Waals surface area (Å²) in [5.41, 5.74) is 6.63. The van der Waals surface area contributed by atoms with Crippen molar-refractivity contribution in [1.82, 2.24) is 0 Å². The lowest BCUT2D eigenvalue weighted by Crippen LogP contribution is -2.40. The van der Waals surface area contributed by atoms with E-state index in [0.29, 0.717) is 0 Å². The summed E-state index contributed by atoms with van der Waals surface area (Å²) in [7, 11) is 0. The Kier molecular flexibility index (Phi) is 6.11. The lowest BCUT2D eigenvalue weighted by Gasteiger charge is -2.52. The number of hydrogen-bond donors (Lipinski definition) is 0. The minimum Gasteiger partial charge on any atom is -0.461 e. The van der Waals surface area contributed by atoms with E-state index >= 15 is 0 Å². The van der Waals surface area contributed by atoms with Crippen LogP contribution in [-0.4, -0.2) is 0 Å². The Morgan fingerprint density at radius 3 is 1.28 bits per heavy atom. The van der Waals surface area contributed by atoms with Crippen LogP contribution >= 0.6 is 0 Å². The van der Waals surface area contributed by atoms with Gasteiger partial charge in [0.25, 0.3) is 0 Å². The maximum absolute atomic E-state index is 6.85. The van der Waals surface area contributed by atoms with Crippen molar-refractivity contribution in [2.75, 3.05) is 0 Å². The fourth-order valence-electron chi connectivity index (χ4n) is 8.18. The zero-order valence-corrected chi connectivity index (χ0v) is 25.4. The predicted octanol–water partition coefficient (Wildman–Crippen LogP) is 12.2. The molecule has 0 N–H and O–H groups in total.